The minimum atomic E-state index is -5.08. The first-order valence-corrected chi connectivity index (χ1v) is 11.4. The van der Waals surface area contributed by atoms with E-state index < -0.39 is 36.2 Å². The second-order valence-electron chi connectivity index (χ2n) is 7.65. The number of ether oxygens (including phenoxy) is 3. The molecule has 0 radical (unpaired) electrons. The first kappa shape index (κ1) is 33.2. The summed E-state index contributed by atoms with van der Waals surface area (Å²) in [4.78, 5) is 44.9. The van der Waals surface area contributed by atoms with Crippen molar-refractivity contribution >= 4 is 29.8 Å². The minimum Gasteiger partial charge on any atom is -0.475 e. The Morgan fingerprint density at radius 3 is 2.35 bits per heavy atom. The van der Waals surface area contributed by atoms with E-state index in [0.717, 1.165) is 19.1 Å². The summed E-state index contributed by atoms with van der Waals surface area (Å²) in [6, 6.07) is 7.01. The van der Waals surface area contributed by atoms with Gasteiger partial charge in [0.1, 0.15) is 18.5 Å². The van der Waals surface area contributed by atoms with E-state index in [0.29, 0.717) is 12.0 Å². The van der Waals surface area contributed by atoms with E-state index in [4.69, 9.17) is 35.0 Å². The zero-order chi connectivity index (χ0) is 30.3. The van der Waals surface area contributed by atoms with E-state index in [1.54, 1.807) is 24.3 Å². The van der Waals surface area contributed by atoms with E-state index in [1.165, 1.54) is 6.07 Å². The maximum atomic E-state index is 12.3. The van der Waals surface area contributed by atoms with Gasteiger partial charge < -0.3 is 40.2 Å². The number of esters is 1. The number of amidine groups is 1. The fourth-order valence-corrected chi connectivity index (χ4v) is 2.48. The van der Waals surface area contributed by atoms with Gasteiger partial charge >= 0.3 is 24.2 Å². The highest BCUT2D eigenvalue weighted by Gasteiger charge is 2.38. The molecule has 0 aliphatic carbocycles. The lowest BCUT2D eigenvalue weighted by molar-refractivity contribution is -0.192. The van der Waals surface area contributed by atoms with Crippen molar-refractivity contribution in [2.75, 3.05) is 20.3 Å². The molecule has 14 nitrogen and oxygen atoms in total. The Morgan fingerprint density at radius 2 is 1.82 bits per heavy atom. The largest absolute Gasteiger partial charge is 0.490 e. The molecule has 2 aromatic rings. The number of nitrogens with one attached hydrogen (secondary N) is 3. The average molecular weight is 575 g/mol. The Morgan fingerprint density at radius 1 is 1.20 bits per heavy atom. The van der Waals surface area contributed by atoms with Crippen molar-refractivity contribution in [2.45, 2.75) is 38.6 Å². The first-order chi connectivity index (χ1) is 18.8. The molecule has 220 valence electrons. The van der Waals surface area contributed by atoms with Crippen molar-refractivity contribution in [1.82, 2.24) is 15.8 Å². The average Bonchev–Trinajstić information content (AvgIpc) is 3.38. The van der Waals surface area contributed by atoms with Gasteiger partial charge in [0.25, 0.3) is 11.8 Å². The normalized spacial score (nSPS) is 11.2. The highest BCUT2D eigenvalue weighted by molar-refractivity contribution is 5.95. The maximum absolute atomic E-state index is 12.3. The summed E-state index contributed by atoms with van der Waals surface area (Å²) < 4.78 is 51.8. The van der Waals surface area contributed by atoms with Crippen molar-refractivity contribution in [3.05, 3.63) is 47.2 Å². The van der Waals surface area contributed by atoms with Gasteiger partial charge in [-0.05, 0) is 17.1 Å². The van der Waals surface area contributed by atoms with Crippen LogP contribution in [-0.2, 0) is 25.7 Å². The smallest absolute Gasteiger partial charge is 0.475 e. The third-order valence-electron chi connectivity index (χ3n) is 4.58. The molecule has 17 heteroatoms. The van der Waals surface area contributed by atoms with Crippen molar-refractivity contribution < 1.29 is 56.2 Å². The zero-order valence-electron chi connectivity index (χ0n) is 21.4. The van der Waals surface area contributed by atoms with Gasteiger partial charge in [-0.3, -0.25) is 10.2 Å². The number of carboxylic acid groups (broad SMARTS) is 1. The number of methoxy groups -OCH3 is 1. The molecule has 0 bridgehead atoms. The predicted octanol–water partition coefficient (Wildman–Crippen LogP) is 1.97. The van der Waals surface area contributed by atoms with E-state index in [2.05, 4.69) is 20.5 Å². The van der Waals surface area contributed by atoms with Crippen LogP contribution in [0.15, 0.2) is 34.9 Å². The second-order valence-corrected chi connectivity index (χ2v) is 7.65. The molecule has 0 unspecified atom stereocenters. The lowest BCUT2D eigenvalue weighted by Gasteiger charge is -2.16. The number of aliphatic carboxylic acids is 1. The van der Waals surface area contributed by atoms with Crippen LogP contribution in [0.2, 0.25) is 0 Å². The number of nitrogens with two attached hydrogens (primary N) is 1. The molecule has 40 heavy (non-hydrogen) atoms. The minimum absolute atomic E-state index is 0.0346. The number of aromatic nitrogens is 1. The number of alkyl halides is 3. The number of benzene rings is 1. The number of alkyl carbamates (subject to hydrolysis) is 1. The van der Waals surface area contributed by atoms with Crippen LogP contribution in [0.3, 0.4) is 0 Å². The van der Waals surface area contributed by atoms with E-state index >= 15 is 0 Å². The fourth-order valence-electron chi connectivity index (χ4n) is 2.48. The molecule has 0 saturated heterocycles. The van der Waals surface area contributed by atoms with Gasteiger partial charge in [0.2, 0.25) is 5.76 Å². The van der Waals surface area contributed by atoms with Crippen LogP contribution >= 0.6 is 0 Å². The summed E-state index contributed by atoms with van der Waals surface area (Å²) in [7, 11) is 1.16. The van der Waals surface area contributed by atoms with Crippen LogP contribution in [0.5, 0.6) is 5.88 Å². The zero-order valence-corrected chi connectivity index (χ0v) is 21.4. The lowest BCUT2D eigenvalue weighted by Crippen LogP contribution is -2.49. The molecule has 0 aliphatic rings. The maximum Gasteiger partial charge on any atom is 0.490 e. The summed E-state index contributed by atoms with van der Waals surface area (Å²) in [6.45, 7) is 2.05. The molecular weight excluding hydrogens is 547 g/mol. The van der Waals surface area contributed by atoms with Gasteiger partial charge in [-0.25, -0.2) is 14.4 Å². The number of amides is 2. The topological polar surface area (TPSA) is 216 Å². The molecule has 2 amide bonds. The molecule has 0 fully saturated rings. The van der Waals surface area contributed by atoms with Crippen LogP contribution < -0.4 is 21.1 Å². The van der Waals surface area contributed by atoms with Gasteiger partial charge in [-0.1, -0.05) is 37.6 Å². The number of rotatable bonds is 12. The summed E-state index contributed by atoms with van der Waals surface area (Å²) in [6.07, 6.45) is -4.34. The van der Waals surface area contributed by atoms with Crippen molar-refractivity contribution in [3.63, 3.8) is 0 Å². The van der Waals surface area contributed by atoms with Gasteiger partial charge in [-0.2, -0.15) is 13.2 Å². The highest BCUT2D eigenvalue weighted by Crippen LogP contribution is 2.14. The molecule has 1 heterocycles. The number of carboxylic acids is 1. The molecule has 0 aliphatic heterocycles. The summed E-state index contributed by atoms with van der Waals surface area (Å²) in [5.74, 6) is -4.28. The quantitative estimate of drug-likeness (QED) is 0.107. The highest BCUT2D eigenvalue weighted by atomic mass is 19.4. The SMILES string of the molecule is CCCCOC(=O)N[C@@H](CNC(=O)c1cc(OCc2ccc(C(=N)N)cc2)no1)C(=O)OC.O=C(O)C(F)(F)F. The van der Waals surface area contributed by atoms with Gasteiger partial charge in [0.05, 0.1) is 19.8 Å². The number of nitrogens with zero attached hydrogens (tertiary/aromatic N) is 1. The molecule has 1 aromatic carbocycles. The molecule has 2 rings (SSSR count). The third-order valence-corrected chi connectivity index (χ3v) is 4.58. The number of unbranched alkanes of at least 4 members (excludes halogenated alkanes) is 1. The monoisotopic (exact) mass is 575 g/mol. The van der Waals surface area contributed by atoms with Gasteiger partial charge in [0, 0.05) is 12.1 Å². The number of hydrogen-bond donors (Lipinski definition) is 5. The predicted molar refractivity (Wildman–Crippen MR) is 130 cm³/mol. The Balaban J connectivity index is 0.00000101. The van der Waals surface area contributed by atoms with Crippen molar-refractivity contribution in [2.24, 2.45) is 5.73 Å². The van der Waals surface area contributed by atoms with E-state index in [-0.39, 0.29) is 37.2 Å². The molecular formula is C23H28F3N5O9. The van der Waals surface area contributed by atoms with Crippen LogP contribution in [0.1, 0.15) is 41.4 Å². The number of halogens is 3. The standard InChI is InChI=1S/C21H27N5O7.C2HF3O2/c1-3-4-9-31-21(29)25-15(20(28)30-2)11-24-19(27)16-10-17(26-33-16)32-12-13-5-7-14(8-6-13)18(22)23;3-2(4,5)1(6)7/h5-8,10,15H,3-4,9,11-12H2,1-2H3,(H3,22,23)(H,24,27)(H,25,29);(H,6,7)/t15-;/m0./s1. The Hall–Kier alpha value is -4.83. The Bertz CT molecular complexity index is 1150. The molecule has 6 N–H and O–H groups in total. The summed E-state index contributed by atoms with van der Waals surface area (Å²) in [5, 5.41) is 23.0. The molecule has 0 spiro atoms. The first-order valence-electron chi connectivity index (χ1n) is 11.4. The Labute approximate surface area is 225 Å². The molecule has 1 aromatic heterocycles. The van der Waals surface area contributed by atoms with Crippen LogP contribution in [-0.4, -0.2) is 72.5 Å². The number of hydrogen-bond acceptors (Lipinski definition) is 10. The fraction of sp³-hybridized carbons (Fsp3) is 0.391. The van der Waals surface area contributed by atoms with E-state index in [9.17, 15) is 27.6 Å². The van der Waals surface area contributed by atoms with Crippen molar-refractivity contribution in [3.8, 4) is 5.88 Å². The molecule has 1 atom stereocenters. The number of nitrogen functional groups attached to an aromatic ring is 1. The van der Waals surface area contributed by atoms with Crippen LogP contribution in [0.4, 0.5) is 18.0 Å². The second kappa shape index (κ2) is 16.2. The van der Waals surface area contributed by atoms with Gasteiger partial charge in [0.15, 0.2) is 0 Å². The summed E-state index contributed by atoms with van der Waals surface area (Å²) >= 11 is 0. The molecule has 0 saturated carbocycles. The Kier molecular flexibility index (Phi) is 13.4. The lowest BCUT2D eigenvalue weighted by atomic mass is 10.1. The summed E-state index contributed by atoms with van der Waals surface area (Å²) in [5.41, 5.74) is 6.80. The third kappa shape index (κ3) is 12.1. The van der Waals surface area contributed by atoms with E-state index in [1.807, 2.05) is 6.92 Å². The van der Waals surface area contributed by atoms with Crippen LogP contribution in [0, 0.1) is 5.41 Å². The van der Waals surface area contributed by atoms with Gasteiger partial charge in [-0.15, -0.1) is 0 Å². The van der Waals surface area contributed by atoms with Crippen molar-refractivity contribution in [1.29, 1.82) is 5.41 Å². The van der Waals surface area contributed by atoms with Crippen LogP contribution in [0.25, 0.3) is 0 Å². The number of carbonyl (C=O) groups is 4. The number of carbonyl (C=O) groups excluding carboxylic acids is 3.